The number of benzene rings is 1. The number of hydrogen-bond acceptors (Lipinski definition) is 3. The molecular formula is C20H26Cl2N4. The van der Waals surface area contributed by atoms with Gasteiger partial charge in [-0.05, 0) is 63.4 Å². The van der Waals surface area contributed by atoms with Crippen LogP contribution in [-0.4, -0.2) is 34.3 Å². The highest BCUT2D eigenvalue weighted by molar-refractivity contribution is 6.34. The fraction of sp³-hybridized carbons (Fsp3) is 0.550. The predicted octanol–water partition coefficient (Wildman–Crippen LogP) is 5.47. The lowest BCUT2D eigenvalue weighted by atomic mass is 9.95. The summed E-state index contributed by atoms with van der Waals surface area (Å²) in [5.41, 5.74) is 3.45. The second-order valence-corrected chi connectivity index (χ2v) is 8.09. The molecule has 4 nitrogen and oxygen atoms in total. The van der Waals surface area contributed by atoms with E-state index < -0.39 is 0 Å². The van der Waals surface area contributed by atoms with Crippen LogP contribution in [0.25, 0.3) is 5.69 Å². The number of halogens is 2. The molecule has 4 rings (SSSR count). The molecule has 26 heavy (non-hydrogen) atoms. The van der Waals surface area contributed by atoms with E-state index >= 15 is 0 Å². The molecule has 3 heterocycles. The molecule has 1 aromatic carbocycles. The van der Waals surface area contributed by atoms with Crippen LogP contribution >= 0.6 is 23.2 Å². The highest BCUT2D eigenvalue weighted by Crippen LogP contribution is 2.38. The number of nitrogens with zero attached hydrogens (tertiary/aromatic N) is 3. The van der Waals surface area contributed by atoms with E-state index in [4.69, 9.17) is 28.3 Å². The summed E-state index contributed by atoms with van der Waals surface area (Å²) in [5, 5.41) is 10.1. The molecule has 1 N–H and O–H groups in total. The van der Waals surface area contributed by atoms with E-state index in [-0.39, 0.29) is 0 Å². The molecule has 1 fully saturated rings. The Morgan fingerprint density at radius 2 is 2.08 bits per heavy atom. The minimum Gasteiger partial charge on any atom is -0.370 e. The standard InChI is InChI=1S/C20H26Cl2N4/c1-2-25-12-6-4-8-17(25)19-15-7-3-5-11-23-20(15)26(24-19)18-13-14(21)9-10-16(18)22/h9-10,13,17,23H,2-8,11-12H2,1H3. The van der Waals surface area contributed by atoms with Crippen molar-refractivity contribution in [2.75, 3.05) is 25.0 Å². The van der Waals surface area contributed by atoms with Gasteiger partial charge in [0.15, 0.2) is 0 Å². The lowest BCUT2D eigenvalue weighted by Crippen LogP contribution is -2.34. The van der Waals surface area contributed by atoms with Crippen LogP contribution < -0.4 is 5.32 Å². The molecule has 0 spiro atoms. The van der Waals surface area contributed by atoms with Gasteiger partial charge in [0.25, 0.3) is 0 Å². The topological polar surface area (TPSA) is 33.1 Å². The number of piperidine rings is 1. The van der Waals surface area contributed by atoms with Crippen molar-refractivity contribution < 1.29 is 0 Å². The van der Waals surface area contributed by atoms with E-state index in [1.807, 2.05) is 22.9 Å². The molecular weight excluding hydrogens is 367 g/mol. The maximum Gasteiger partial charge on any atom is 0.133 e. The van der Waals surface area contributed by atoms with Crippen LogP contribution in [0.1, 0.15) is 56.3 Å². The van der Waals surface area contributed by atoms with Crippen molar-refractivity contribution in [1.29, 1.82) is 0 Å². The number of aromatic nitrogens is 2. The van der Waals surface area contributed by atoms with Gasteiger partial charge in [-0.3, -0.25) is 4.90 Å². The zero-order valence-electron chi connectivity index (χ0n) is 15.3. The lowest BCUT2D eigenvalue weighted by Gasteiger charge is -2.34. The van der Waals surface area contributed by atoms with Crippen LogP contribution in [0.4, 0.5) is 5.82 Å². The van der Waals surface area contributed by atoms with Gasteiger partial charge in [-0.15, -0.1) is 0 Å². The number of fused-ring (bicyclic) bond motifs is 1. The van der Waals surface area contributed by atoms with Crippen molar-refractivity contribution in [2.45, 2.75) is 51.5 Å². The molecule has 0 radical (unpaired) electrons. The Labute approximate surface area is 165 Å². The van der Waals surface area contributed by atoms with E-state index in [2.05, 4.69) is 17.1 Å². The van der Waals surface area contributed by atoms with Gasteiger partial charge in [-0.1, -0.05) is 36.5 Å². The normalized spacial score (nSPS) is 21.1. The Morgan fingerprint density at radius 3 is 2.92 bits per heavy atom. The third-order valence-corrected chi connectivity index (χ3v) is 6.19. The van der Waals surface area contributed by atoms with Crippen LogP contribution in [0.2, 0.25) is 10.0 Å². The van der Waals surface area contributed by atoms with E-state index in [0.29, 0.717) is 16.1 Å². The summed E-state index contributed by atoms with van der Waals surface area (Å²) in [5.74, 6) is 1.10. The number of rotatable bonds is 3. The monoisotopic (exact) mass is 392 g/mol. The quantitative estimate of drug-likeness (QED) is 0.750. The molecule has 1 aromatic heterocycles. The first-order chi connectivity index (χ1) is 12.7. The van der Waals surface area contributed by atoms with Crippen molar-refractivity contribution in [2.24, 2.45) is 0 Å². The Hall–Kier alpha value is -1.23. The Balaban J connectivity index is 1.85. The van der Waals surface area contributed by atoms with E-state index in [0.717, 1.165) is 37.6 Å². The fourth-order valence-electron chi connectivity index (χ4n) is 4.30. The zero-order valence-corrected chi connectivity index (χ0v) is 16.8. The van der Waals surface area contributed by atoms with Crippen LogP contribution in [0, 0.1) is 0 Å². The molecule has 0 saturated carbocycles. The van der Waals surface area contributed by atoms with Gasteiger partial charge in [-0.2, -0.15) is 5.10 Å². The van der Waals surface area contributed by atoms with Crippen molar-refractivity contribution >= 4 is 29.0 Å². The van der Waals surface area contributed by atoms with Gasteiger partial charge in [-0.25, -0.2) is 4.68 Å². The maximum absolute atomic E-state index is 6.51. The number of anilines is 1. The molecule has 2 aliphatic rings. The lowest BCUT2D eigenvalue weighted by molar-refractivity contribution is 0.152. The Kier molecular flexibility index (Phi) is 5.44. The SMILES string of the molecule is CCN1CCCCC1c1nn(-c2cc(Cl)ccc2Cl)c2c1CCCCN2. The van der Waals surface area contributed by atoms with Gasteiger partial charge >= 0.3 is 0 Å². The molecule has 0 aliphatic carbocycles. The van der Waals surface area contributed by atoms with Gasteiger partial charge in [0.2, 0.25) is 0 Å². The first-order valence-corrected chi connectivity index (χ1v) is 10.5. The molecule has 1 atom stereocenters. The summed E-state index contributed by atoms with van der Waals surface area (Å²) < 4.78 is 1.99. The van der Waals surface area contributed by atoms with Gasteiger partial charge in [0.05, 0.1) is 22.4 Å². The van der Waals surface area contributed by atoms with Crippen LogP contribution in [0.15, 0.2) is 18.2 Å². The third-order valence-electron chi connectivity index (χ3n) is 5.63. The number of hydrogen-bond donors (Lipinski definition) is 1. The summed E-state index contributed by atoms with van der Waals surface area (Å²) in [4.78, 5) is 2.57. The average Bonchev–Trinajstić information content (AvgIpc) is 2.84. The van der Waals surface area contributed by atoms with Gasteiger partial charge in [0.1, 0.15) is 5.82 Å². The molecule has 2 aromatic rings. The highest BCUT2D eigenvalue weighted by Gasteiger charge is 2.31. The van der Waals surface area contributed by atoms with E-state index in [1.54, 1.807) is 0 Å². The molecule has 0 bridgehead atoms. The molecule has 0 amide bonds. The molecule has 1 unspecified atom stereocenters. The Bertz CT molecular complexity index is 786. The minimum absolute atomic E-state index is 0.404. The zero-order chi connectivity index (χ0) is 18.1. The summed E-state index contributed by atoms with van der Waals surface area (Å²) in [6.07, 6.45) is 7.19. The first kappa shape index (κ1) is 18.1. The molecule has 140 valence electrons. The number of likely N-dealkylation sites (tertiary alicyclic amines) is 1. The van der Waals surface area contributed by atoms with E-state index in [1.165, 1.54) is 43.4 Å². The second-order valence-electron chi connectivity index (χ2n) is 7.24. The highest BCUT2D eigenvalue weighted by atomic mass is 35.5. The maximum atomic E-state index is 6.51. The van der Waals surface area contributed by atoms with Crippen LogP contribution in [-0.2, 0) is 6.42 Å². The van der Waals surface area contributed by atoms with Crippen molar-refractivity contribution in [3.05, 3.63) is 39.5 Å². The predicted molar refractivity (Wildman–Crippen MR) is 109 cm³/mol. The van der Waals surface area contributed by atoms with Crippen molar-refractivity contribution in [3.8, 4) is 5.69 Å². The van der Waals surface area contributed by atoms with Crippen LogP contribution in [0.5, 0.6) is 0 Å². The Morgan fingerprint density at radius 1 is 1.19 bits per heavy atom. The largest absolute Gasteiger partial charge is 0.370 e. The van der Waals surface area contributed by atoms with Crippen LogP contribution in [0.3, 0.4) is 0 Å². The molecule has 2 aliphatic heterocycles. The number of nitrogens with one attached hydrogen (secondary N) is 1. The van der Waals surface area contributed by atoms with Gasteiger partial charge in [0, 0.05) is 17.1 Å². The summed E-state index contributed by atoms with van der Waals surface area (Å²) in [6.45, 7) is 5.45. The van der Waals surface area contributed by atoms with Gasteiger partial charge < -0.3 is 5.32 Å². The molecule has 1 saturated heterocycles. The third kappa shape index (κ3) is 3.35. The van der Waals surface area contributed by atoms with E-state index in [9.17, 15) is 0 Å². The fourth-order valence-corrected chi connectivity index (χ4v) is 4.66. The summed E-state index contributed by atoms with van der Waals surface area (Å²) >= 11 is 12.8. The smallest absolute Gasteiger partial charge is 0.133 e. The minimum atomic E-state index is 0.404. The molecule has 6 heteroatoms. The van der Waals surface area contributed by atoms with Crippen molar-refractivity contribution in [3.63, 3.8) is 0 Å². The first-order valence-electron chi connectivity index (χ1n) is 9.74. The summed E-state index contributed by atoms with van der Waals surface area (Å²) in [6, 6.07) is 5.99. The average molecular weight is 393 g/mol. The summed E-state index contributed by atoms with van der Waals surface area (Å²) in [7, 11) is 0. The van der Waals surface area contributed by atoms with Crippen molar-refractivity contribution in [1.82, 2.24) is 14.7 Å². The second kappa shape index (κ2) is 7.79.